The van der Waals surface area contributed by atoms with E-state index in [0.717, 1.165) is 16.5 Å². The predicted octanol–water partition coefficient (Wildman–Crippen LogP) is 5.42. The van der Waals surface area contributed by atoms with Gasteiger partial charge >= 0.3 is 18.2 Å². The van der Waals surface area contributed by atoms with E-state index in [2.05, 4.69) is 5.32 Å². The molecule has 0 aromatic heterocycles. The number of hydrogen-bond donors (Lipinski definition) is 1. The summed E-state index contributed by atoms with van der Waals surface area (Å²) in [4.78, 5) is 26.9. The van der Waals surface area contributed by atoms with E-state index in [1.54, 1.807) is 19.1 Å². The maximum absolute atomic E-state index is 13.8. The van der Waals surface area contributed by atoms with E-state index in [9.17, 15) is 22.8 Å². The predicted molar refractivity (Wildman–Crippen MR) is 120 cm³/mol. The molecule has 2 aromatic rings. The molecule has 1 atom stereocenters. The molecule has 34 heavy (non-hydrogen) atoms. The summed E-state index contributed by atoms with van der Waals surface area (Å²) in [5.74, 6) is -0.125. The van der Waals surface area contributed by atoms with Crippen molar-refractivity contribution < 1.29 is 32.2 Å². The second-order valence-electron chi connectivity index (χ2n) is 8.09. The first-order valence-electron chi connectivity index (χ1n) is 10.9. The van der Waals surface area contributed by atoms with Gasteiger partial charge in [-0.3, -0.25) is 4.90 Å². The first-order chi connectivity index (χ1) is 16.1. The number of amides is 2. The van der Waals surface area contributed by atoms with Gasteiger partial charge in [0.15, 0.2) is 0 Å². The number of ether oxygens (including phenoxy) is 2. The molecule has 0 spiro atoms. The second kappa shape index (κ2) is 10.2. The van der Waals surface area contributed by atoms with Crippen molar-refractivity contribution in [3.8, 4) is 5.75 Å². The lowest BCUT2D eigenvalue weighted by atomic mass is 9.91. The Kier molecular flexibility index (Phi) is 7.54. The Labute approximate surface area is 196 Å². The Morgan fingerprint density at radius 3 is 2.41 bits per heavy atom. The van der Waals surface area contributed by atoms with Crippen LogP contribution in [0.3, 0.4) is 0 Å². The molecule has 182 valence electrons. The molecule has 1 aliphatic heterocycles. The quantitative estimate of drug-likeness (QED) is 0.542. The third-order valence-corrected chi connectivity index (χ3v) is 5.55. The number of rotatable bonds is 7. The van der Waals surface area contributed by atoms with Gasteiger partial charge in [0.05, 0.1) is 29.5 Å². The minimum Gasteiger partial charge on any atom is -0.487 e. The molecular formula is C25H27F3N2O4. The van der Waals surface area contributed by atoms with Crippen LogP contribution in [0.5, 0.6) is 5.75 Å². The number of carbonyl (C=O) groups excluding carboxylic acids is 2. The lowest BCUT2D eigenvalue weighted by molar-refractivity contribution is -0.141. The fourth-order valence-corrected chi connectivity index (χ4v) is 3.86. The number of benzene rings is 2. The Morgan fingerprint density at radius 1 is 1.12 bits per heavy atom. The lowest BCUT2D eigenvalue weighted by Crippen LogP contribution is -2.48. The van der Waals surface area contributed by atoms with E-state index in [0.29, 0.717) is 5.75 Å². The van der Waals surface area contributed by atoms with Gasteiger partial charge in [-0.2, -0.15) is 13.2 Å². The number of para-hydroxylation sites is 1. The highest BCUT2D eigenvalue weighted by Gasteiger charge is 2.42. The summed E-state index contributed by atoms with van der Waals surface area (Å²) in [6.07, 6.45) is -4.68. The maximum Gasteiger partial charge on any atom is 0.416 e. The van der Waals surface area contributed by atoms with Crippen molar-refractivity contribution in [3.05, 3.63) is 76.5 Å². The van der Waals surface area contributed by atoms with Crippen molar-refractivity contribution in [2.24, 2.45) is 0 Å². The van der Waals surface area contributed by atoms with Gasteiger partial charge in [0, 0.05) is 7.05 Å². The number of esters is 1. The summed E-state index contributed by atoms with van der Waals surface area (Å²) in [7, 11) is 1.42. The number of nitrogens with one attached hydrogen (secondary N) is 1. The zero-order valence-corrected chi connectivity index (χ0v) is 19.4. The Balaban J connectivity index is 2.13. The van der Waals surface area contributed by atoms with Crippen LogP contribution < -0.4 is 10.1 Å². The van der Waals surface area contributed by atoms with Crippen LogP contribution in [0.25, 0.3) is 0 Å². The summed E-state index contributed by atoms with van der Waals surface area (Å²) < 4.78 is 52.4. The molecule has 3 rings (SSSR count). The minimum atomic E-state index is -4.68. The van der Waals surface area contributed by atoms with Crippen molar-refractivity contribution in [3.63, 3.8) is 0 Å². The van der Waals surface area contributed by atoms with Crippen LogP contribution >= 0.6 is 0 Å². The molecule has 1 aliphatic rings. The fraction of sp³-hybridized carbons (Fsp3) is 0.360. The fourth-order valence-electron chi connectivity index (χ4n) is 3.86. The van der Waals surface area contributed by atoms with Crippen LogP contribution in [0.4, 0.5) is 18.0 Å². The molecule has 6 nitrogen and oxygen atoms in total. The van der Waals surface area contributed by atoms with Crippen molar-refractivity contribution in [1.82, 2.24) is 10.2 Å². The third kappa shape index (κ3) is 5.18. The van der Waals surface area contributed by atoms with E-state index in [1.807, 2.05) is 26.0 Å². The van der Waals surface area contributed by atoms with Gasteiger partial charge in [-0.05, 0) is 36.1 Å². The van der Waals surface area contributed by atoms with Gasteiger partial charge < -0.3 is 14.8 Å². The highest BCUT2D eigenvalue weighted by atomic mass is 19.4. The summed E-state index contributed by atoms with van der Waals surface area (Å²) >= 11 is 0. The number of likely N-dealkylation sites (N-methyl/N-ethyl adjacent to an activating group) is 1. The van der Waals surface area contributed by atoms with Gasteiger partial charge in [0.2, 0.25) is 0 Å². The van der Waals surface area contributed by atoms with Crippen molar-refractivity contribution in [2.45, 2.75) is 38.9 Å². The van der Waals surface area contributed by atoms with E-state index in [1.165, 1.54) is 25.2 Å². The molecule has 0 saturated heterocycles. The number of urea groups is 1. The van der Waals surface area contributed by atoms with Gasteiger partial charge in [0.25, 0.3) is 0 Å². The summed E-state index contributed by atoms with van der Waals surface area (Å²) in [6, 6.07) is 10.1. The molecule has 2 aromatic carbocycles. The van der Waals surface area contributed by atoms with Gasteiger partial charge in [0.1, 0.15) is 12.4 Å². The topological polar surface area (TPSA) is 67.9 Å². The van der Waals surface area contributed by atoms with Crippen molar-refractivity contribution in [1.29, 1.82) is 0 Å². The molecule has 9 heteroatoms. The van der Waals surface area contributed by atoms with E-state index in [4.69, 9.17) is 9.47 Å². The van der Waals surface area contributed by atoms with Gasteiger partial charge in [-0.1, -0.05) is 50.2 Å². The van der Waals surface area contributed by atoms with E-state index in [-0.39, 0.29) is 36.0 Å². The Bertz CT molecular complexity index is 1100. The van der Waals surface area contributed by atoms with Crippen LogP contribution in [0.15, 0.2) is 59.8 Å². The molecule has 1 heterocycles. The Hall–Kier alpha value is -3.49. The highest BCUT2D eigenvalue weighted by Crippen LogP contribution is 2.39. The SMILES string of the molecule is CCOC(=O)C1=C(COc2ccccc2C(C)C)N(C)C(=O)N[C@H]1c1ccccc1C(F)(F)F. The average Bonchev–Trinajstić information content (AvgIpc) is 2.79. The zero-order chi connectivity index (χ0) is 25.0. The second-order valence-corrected chi connectivity index (χ2v) is 8.09. The molecule has 0 fully saturated rings. The smallest absolute Gasteiger partial charge is 0.416 e. The van der Waals surface area contributed by atoms with Gasteiger partial charge in [-0.25, -0.2) is 9.59 Å². The lowest BCUT2D eigenvalue weighted by Gasteiger charge is -2.35. The van der Waals surface area contributed by atoms with Crippen LogP contribution in [0.2, 0.25) is 0 Å². The monoisotopic (exact) mass is 476 g/mol. The Morgan fingerprint density at radius 2 is 1.76 bits per heavy atom. The molecule has 0 bridgehead atoms. The minimum absolute atomic E-state index is 0.0119. The van der Waals surface area contributed by atoms with Crippen molar-refractivity contribution >= 4 is 12.0 Å². The highest BCUT2D eigenvalue weighted by molar-refractivity contribution is 5.95. The molecule has 2 amide bonds. The number of carbonyl (C=O) groups is 2. The average molecular weight is 476 g/mol. The summed E-state index contributed by atoms with van der Waals surface area (Å²) in [5, 5.41) is 2.51. The zero-order valence-electron chi connectivity index (χ0n) is 19.4. The first kappa shape index (κ1) is 25.1. The largest absolute Gasteiger partial charge is 0.487 e. The molecule has 0 unspecified atom stereocenters. The molecule has 1 N–H and O–H groups in total. The molecule has 0 aliphatic carbocycles. The molecular weight excluding hydrogens is 449 g/mol. The summed E-state index contributed by atoms with van der Waals surface area (Å²) in [5.41, 5.74) is -0.260. The number of alkyl halides is 3. The van der Waals surface area contributed by atoms with Gasteiger partial charge in [-0.15, -0.1) is 0 Å². The maximum atomic E-state index is 13.8. The van der Waals surface area contributed by atoms with E-state index < -0.39 is 29.8 Å². The number of halogens is 3. The third-order valence-electron chi connectivity index (χ3n) is 5.55. The first-order valence-corrected chi connectivity index (χ1v) is 10.9. The number of nitrogens with zero attached hydrogens (tertiary/aromatic N) is 1. The molecule has 0 saturated carbocycles. The molecule has 0 radical (unpaired) electrons. The normalized spacial score (nSPS) is 16.5. The van der Waals surface area contributed by atoms with Crippen LogP contribution in [0, 0.1) is 0 Å². The number of hydrogen-bond acceptors (Lipinski definition) is 4. The van der Waals surface area contributed by atoms with Crippen LogP contribution in [0.1, 0.15) is 49.4 Å². The summed E-state index contributed by atoms with van der Waals surface area (Å²) in [6.45, 7) is 5.38. The van der Waals surface area contributed by atoms with Crippen LogP contribution in [-0.2, 0) is 15.7 Å². The van der Waals surface area contributed by atoms with Crippen molar-refractivity contribution in [2.75, 3.05) is 20.3 Å². The standard InChI is InChI=1S/C25H27F3N2O4/c1-5-33-23(31)21-19(14-34-20-13-9-7-10-16(20)15(2)3)30(4)24(32)29-22(21)17-11-6-8-12-18(17)25(26,27)28/h6-13,15,22H,5,14H2,1-4H3,(H,29,32)/t22-/m0/s1. The van der Waals surface area contributed by atoms with E-state index >= 15 is 0 Å². The van der Waals surface area contributed by atoms with Crippen LogP contribution in [-0.4, -0.2) is 37.2 Å².